The highest BCUT2D eigenvalue weighted by Crippen LogP contribution is 2.20. The van der Waals surface area contributed by atoms with E-state index in [9.17, 15) is 9.59 Å². The number of carbonyl (C=O) groups is 2. The van der Waals surface area contributed by atoms with Crippen LogP contribution in [0.15, 0.2) is 45.6 Å². The SMILES string of the molecule is CC(C)(CCOC(=O)c1ccco1)OCCC(C)(C)OCCOC(=O)c1ccco1. The van der Waals surface area contributed by atoms with E-state index in [2.05, 4.69) is 0 Å². The Balaban J connectivity index is 1.58. The summed E-state index contributed by atoms with van der Waals surface area (Å²) in [4.78, 5) is 23.4. The molecule has 0 radical (unpaired) electrons. The van der Waals surface area contributed by atoms with E-state index < -0.39 is 23.1 Å². The summed E-state index contributed by atoms with van der Waals surface area (Å²) in [7, 11) is 0. The van der Waals surface area contributed by atoms with Crippen molar-refractivity contribution < 1.29 is 37.4 Å². The van der Waals surface area contributed by atoms with Crippen LogP contribution in [0.25, 0.3) is 0 Å². The zero-order valence-electron chi connectivity index (χ0n) is 18.0. The molecule has 0 unspecified atom stereocenters. The van der Waals surface area contributed by atoms with E-state index in [1.165, 1.54) is 12.5 Å². The normalized spacial score (nSPS) is 12.0. The van der Waals surface area contributed by atoms with Crippen molar-refractivity contribution in [1.29, 1.82) is 0 Å². The van der Waals surface area contributed by atoms with E-state index in [-0.39, 0.29) is 31.3 Å². The maximum Gasteiger partial charge on any atom is 0.374 e. The van der Waals surface area contributed by atoms with Gasteiger partial charge in [-0.1, -0.05) is 0 Å². The maximum atomic E-state index is 11.8. The van der Waals surface area contributed by atoms with Crippen molar-refractivity contribution in [1.82, 2.24) is 0 Å². The van der Waals surface area contributed by atoms with Gasteiger partial charge in [0.25, 0.3) is 0 Å². The highest BCUT2D eigenvalue weighted by atomic mass is 16.6. The van der Waals surface area contributed by atoms with Crippen molar-refractivity contribution in [3.05, 3.63) is 48.3 Å². The fourth-order valence-electron chi connectivity index (χ4n) is 2.49. The predicted octanol–water partition coefficient (Wildman–Crippen LogP) is 4.26. The van der Waals surface area contributed by atoms with Gasteiger partial charge >= 0.3 is 11.9 Å². The van der Waals surface area contributed by atoms with E-state index in [0.717, 1.165) is 0 Å². The van der Waals surface area contributed by atoms with Gasteiger partial charge in [0.1, 0.15) is 6.61 Å². The molecule has 0 N–H and O–H groups in total. The van der Waals surface area contributed by atoms with Crippen LogP contribution < -0.4 is 0 Å². The van der Waals surface area contributed by atoms with Crippen LogP contribution in [0.5, 0.6) is 0 Å². The molecule has 2 aromatic rings. The summed E-state index contributed by atoms with van der Waals surface area (Å²) in [5.41, 5.74) is -0.906. The first-order chi connectivity index (χ1) is 14.2. The number of rotatable bonds is 13. The molecule has 30 heavy (non-hydrogen) atoms. The average molecular weight is 422 g/mol. The molecule has 2 heterocycles. The third kappa shape index (κ3) is 8.42. The van der Waals surface area contributed by atoms with Gasteiger partial charge in [0.15, 0.2) is 0 Å². The molecule has 0 saturated heterocycles. The molecule has 0 aliphatic carbocycles. The van der Waals surface area contributed by atoms with Crippen molar-refractivity contribution in [2.24, 2.45) is 0 Å². The van der Waals surface area contributed by atoms with Gasteiger partial charge in [0.05, 0.1) is 43.5 Å². The van der Waals surface area contributed by atoms with Crippen LogP contribution in [0.3, 0.4) is 0 Å². The summed E-state index contributed by atoms with van der Waals surface area (Å²) in [6.45, 7) is 8.88. The zero-order chi connectivity index (χ0) is 22.0. The van der Waals surface area contributed by atoms with Crippen LogP contribution in [0.2, 0.25) is 0 Å². The molecule has 0 aliphatic heterocycles. The van der Waals surface area contributed by atoms with Crippen LogP contribution in [0, 0.1) is 0 Å². The van der Waals surface area contributed by atoms with Gasteiger partial charge in [-0.3, -0.25) is 0 Å². The molecule has 0 saturated carbocycles. The molecule has 0 amide bonds. The third-order valence-corrected chi connectivity index (χ3v) is 4.39. The van der Waals surface area contributed by atoms with Gasteiger partial charge in [0, 0.05) is 6.42 Å². The molecular weight excluding hydrogens is 392 g/mol. The Morgan fingerprint density at radius 3 is 1.70 bits per heavy atom. The monoisotopic (exact) mass is 422 g/mol. The van der Waals surface area contributed by atoms with Crippen molar-refractivity contribution in [3.8, 4) is 0 Å². The molecule has 0 aliphatic rings. The van der Waals surface area contributed by atoms with Gasteiger partial charge < -0.3 is 27.8 Å². The summed E-state index contributed by atoms with van der Waals surface area (Å²) in [6.07, 6.45) is 4.04. The van der Waals surface area contributed by atoms with Gasteiger partial charge in [-0.15, -0.1) is 0 Å². The van der Waals surface area contributed by atoms with Crippen molar-refractivity contribution >= 4 is 11.9 Å². The molecule has 0 aromatic carbocycles. The van der Waals surface area contributed by atoms with Gasteiger partial charge in [0.2, 0.25) is 11.5 Å². The molecule has 0 fully saturated rings. The Labute approximate surface area is 176 Å². The fraction of sp³-hybridized carbons (Fsp3) is 0.545. The molecule has 8 heteroatoms. The van der Waals surface area contributed by atoms with E-state index in [1.807, 2.05) is 27.7 Å². The maximum absolute atomic E-state index is 11.8. The highest BCUT2D eigenvalue weighted by Gasteiger charge is 2.24. The molecule has 2 aromatic heterocycles. The number of carbonyl (C=O) groups excluding carboxylic acids is 2. The van der Waals surface area contributed by atoms with Crippen LogP contribution in [-0.2, 0) is 18.9 Å². The van der Waals surface area contributed by atoms with E-state index in [1.54, 1.807) is 24.3 Å². The van der Waals surface area contributed by atoms with Crippen molar-refractivity contribution in [2.75, 3.05) is 26.4 Å². The molecular formula is C22H30O8. The smallest absolute Gasteiger partial charge is 0.374 e. The minimum absolute atomic E-state index is 0.135. The average Bonchev–Trinajstić information content (AvgIpc) is 3.38. The zero-order valence-corrected chi connectivity index (χ0v) is 18.0. The Bertz CT molecular complexity index is 759. The lowest BCUT2D eigenvalue weighted by Crippen LogP contribution is -2.32. The van der Waals surface area contributed by atoms with Crippen LogP contribution >= 0.6 is 0 Å². The van der Waals surface area contributed by atoms with Crippen molar-refractivity contribution in [3.63, 3.8) is 0 Å². The largest absolute Gasteiger partial charge is 0.460 e. The summed E-state index contributed by atoms with van der Waals surface area (Å²) in [6, 6.07) is 6.37. The van der Waals surface area contributed by atoms with E-state index >= 15 is 0 Å². The van der Waals surface area contributed by atoms with Crippen LogP contribution in [-0.4, -0.2) is 49.6 Å². The molecule has 0 bridgehead atoms. The Kier molecular flexibility index (Phi) is 8.68. The molecule has 8 nitrogen and oxygen atoms in total. The minimum atomic E-state index is -0.515. The highest BCUT2D eigenvalue weighted by molar-refractivity contribution is 5.86. The first-order valence-corrected chi connectivity index (χ1v) is 9.88. The number of hydrogen-bond donors (Lipinski definition) is 0. The predicted molar refractivity (Wildman–Crippen MR) is 107 cm³/mol. The van der Waals surface area contributed by atoms with E-state index in [4.69, 9.17) is 27.8 Å². The molecule has 166 valence electrons. The van der Waals surface area contributed by atoms with E-state index in [0.29, 0.717) is 19.4 Å². The lowest BCUT2D eigenvalue weighted by molar-refractivity contribution is -0.0847. The first-order valence-electron chi connectivity index (χ1n) is 9.88. The summed E-state index contributed by atoms with van der Waals surface area (Å²) in [5, 5.41) is 0. The Hall–Kier alpha value is -2.58. The third-order valence-electron chi connectivity index (χ3n) is 4.39. The number of furan rings is 2. The quantitative estimate of drug-likeness (QED) is 0.349. The second-order valence-electron chi connectivity index (χ2n) is 7.94. The Morgan fingerprint density at radius 2 is 1.20 bits per heavy atom. The number of hydrogen-bond acceptors (Lipinski definition) is 8. The lowest BCUT2D eigenvalue weighted by Gasteiger charge is -2.29. The summed E-state index contributed by atoms with van der Waals surface area (Å²) < 4.78 is 32.0. The van der Waals surface area contributed by atoms with Crippen LogP contribution in [0.4, 0.5) is 0 Å². The topological polar surface area (TPSA) is 97.3 Å². The van der Waals surface area contributed by atoms with Gasteiger partial charge in [-0.25, -0.2) is 9.59 Å². The van der Waals surface area contributed by atoms with Gasteiger partial charge in [-0.2, -0.15) is 0 Å². The van der Waals surface area contributed by atoms with Gasteiger partial charge in [-0.05, 0) is 58.4 Å². The van der Waals surface area contributed by atoms with Crippen LogP contribution in [0.1, 0.15) is 61.6 Å². The molecule has 2 rings (SSSR count). The lowest BCUT2D eigenvalue weighted by atomic mass is 10.0. The minimum Gasteiger partial charge on any atom is -0.460 e. The summed E-state index contributed by atoms with van der Waals surface area (Å²) in [5.74, 6) is -0.653. The molecule has 0 spiro atoms. The second-order valence-corrected chi connectivity index (χ2v) is 7.94. The standard InChI is InChI=1S/C22H30O8/c1-21(2,9-13-27-19(23)17-7-5-11-25-17)29-14-10-22(3,4)30-16-15-28-20(24)18-8-6-12-26-18/h5-8,11-12H,9-10,13-16H2,1-4H3. The Morgan fingerprint density at radius 1 is 0.733 bits per heavy atom. The fourth-order valence-corrected chi connectivity index (χ4v) is 2.49. The first kappa shape index (κ1) is 23.7. The van der Waals surface area contributed by atoms with Crippen molar-refractivity contribution in [2.45, 2.75) is 51.7 Å². The second kappa shape index (κ2) is 11.0. The number of esters is 2. The number of ether oxygens (including phenoxy) is 4. The molecule has 0 atom stereocenters. The summed E-state index contributed by atoms with van der Waals surface area (Å²) >= 11 is 0.